The number of carbonyl (C=O) groups excluding carboxylic acids is 1. The predicted octanol–water partition coefficient (Wildman–Crippen LogP) is 3.56. The van der Waals surface area contributed by atoms with Crippen LogP contribution in [-0.4, -0.2) is 20.4 Å². The van der Waals surface area contributed by atoms with Crippen molar-refractivity contribution < 1.29 is 17.9 Å². The molecule has 25 heavy (non-hydrogen) atoms. The minimum Gasteiger partial charge on any atom is -0.478 e. The van der Waals surface area contributed by atoms with E-state index in [-0.39, 0.29) is 21.6 Å². The Morgan fingerprint density at radius 1 is 1.24 bits per heavy atom. The second kappa shape index (κ2) is 6.57. The van der Waals surface area contributed by atoms with Crippen LogP contribution in [0.4, 0.5) is 11.4 Å². The summed E-state index contributed by atoms with van der Waals surface area (Å²) in [4.78, 5) is 11.7. The van der Waals surface area contributed by atoms with Gasteiger partial charge in [-0.05, 0) is 31.5 Å². The molecule has 1 aliphatic heterocycles. The molecule has 1 heterocycles. The summed E-state index contributed by atoms with van der Waals surface area (Å²) in [6.07, 6.45) is -0.188. The van der Waals surface area contributed by atoms with Crippen LogP contribution in [-0.2, 0) is 14.8 Å². The highest BCUT2D eigenvalue weighted by Crippen LogP contribution is 2.37. The quantitative estimate of drug-likeness (QED) is 0.849. The van der Waals surface area contributed by atoms with Crippen molar-refractivity contribution in [2.24, 2.45) is 0 Å². The minimum atomic E-state index is -3.90. The maximum atomic E-state index is 12.7. The molecule has 2 aromatic carbocycles. The zero-order chi connectivity index (χ0) is 18.2. The monoisotopic (exact) mass is 380 g/mol. The van der Waals surface area contributed by atoms with E-state index in [1.807, 2.05) is 13.8 Å². The lowest BCUT2D eigenvalue weighted by Crippen LogP contribution is -2.36. The Kier molecular flexibility index (Phi) is 4.62. The first-order chi connectivity index (χ1) is 11.8. The van der Waals surface area contributed by atoms with E-state index in [1.54, 1.807) is 24.3 Å². The number of ether oxygens (including phenoxy) is 1. The van der Waals surface area contributed by atoms with E-state index in [1.165, 1.54) is 12.1 Å². The van der Waals surface area contributed by atoms with E-state index in [0.717, 1.165) is 5.56 Å². The number of sulfonamides is 1. The molecule has 3 rings (SSSR count). The van der Waals surface area contributed by atoms with E-state index in [9.17, 15) is 13.2 Å². The molecule has 0 saturated heterocycles. The highest BCUT2D eigenvalue weighted by molar-refractivity contribution is 7.92. The van der Waals surface area contributed by atoms with Crippen molar-refractivity contribution in [3.05, 3.63) is 47.0 Å². The third-order valence-electron chi connectivity index (χ3n) is 3.82. The third kappa shape index (κ3) is 3.57. The van der Waals surface area contributed by atoms with Crippen molar-refractivity contribution in [3.63, 3.8) is 0 Å². The number of amides is 1. The molecule has 1 aliphatic rings. The SMILES string of the molecule is CCC1Oc2cc(S(=O)(=O)Nc3ccc(C)cc3)c(Cl)cc2NC1=O. The normalized spacial score (nSPS) is 16.6. The fraction of sp³-hybridized carbons (Fsp3) is 0.235. The molecule has 6 nitrogen and oxygen atoms in total. The van der Waals surface area contributed by atoms with E-state index in [0.29, 0.717) is 17.8 Å². The lowest BCUT2D eigenvalue weighted by Gasteiger charge is -2.25. The smallest absolute Gasteiger partial charge is 0.265 e. The molecule has 2 N–H and O–H groups in total. The van der Waals surface area contributed by atoms with Crippen LogP contribution in [0.25, 0.3) is 0 Å². The number of carbonyl (C=O) groups is 1. The van der Waals surface area contributed by atoms with Crippen molar-refractivity contribution in [1.82, 2.24) is 0 Å². The lowest BCUT2D eigenvalue weighted by molar-refractivity contribution is -0.123. The Morgan fingerprint density at radius 2 is 1.92 bits per heavy atom. The summed E-state index contributed by atoms with van der Waals surface area (Å²) in [5.41, 5.74) is 1.80. The van der Waals surface area contributed by atoms with Crippen LogP contribution in [0.2, 0.25) is 5.02 Å². The molecule has 1 unspecified atom stereocenters. The summed E-state index contributed by atoms with van der Waals surface area (Å²) in [5, 5.41) is 2.67. The molecule has 0 fully saturated rings. The molecule has 0 aliphatic carbocycles. The number of aryl methyl sites for hydroxylation is 1. The van der Waals surface area contributed by atoms with Crippen LogP contribution in [0, 0.1) is 6.92 Å². The Labute approximate surface area is 151 Å². The average Bonchev–Trinajstić information content (AvgIpc) is 2.55. The maximum Gasteiger partial charge on any atom is 0.265 e. The number of rotatable bonds is 4. The number of anilines is 2. The Hall–Kier alpha value is -2.25. The number of benzene rings is 2. The van der Waals surface area contributed by atoms with Crippen LogP contribution >= 0.6 is 11.6 Å². The zero-order valence-electron chi connectivity index (χ0n) is 13.7. The molecule has 0 bridgehead atoms. The molecule has 1 atom stereocenters. The first kappa shape index (κ1) is 17.6. The van der Waals surface area contributed by atoms with Crippen molar-refractivity contribution in [2.75, 3.05) is 10.0 Å². The summed E-state index contributed by atoms with van der Waals surface area (Å²) >= 11 is 6.13. The molecule has 0 aromatic heterocycles. The second-order valence-corrected chi connectivity index (χ2v) is 7.81. The number of nitrogens with one attached hydrogen (secondary N) is 2. The van der Waals surface area contributed by atoms with Gasteiger partial charge < -0.3 is 10.1 Å². The summed E-state index contributed by atoms with van der Waals surface area (Å²) in [7, 11) is -3.90. The molecule has 1 amide bonds. The van der Waals surface area contributed by atoms with Crippen LogP contribution in [0.1, 0.15) is 18.9 Å². The van der Waals surface area contributed by atoms with Crippen LogP contribution in [0.3, 0.4) is 0 Å². The second-order valence-electron chi connectivity index (χ2n) is 5.75. The van der Waals surface area contributed by atoms with E-state index in [2.05, 4.69) is 10.0 Å². The van der Waals surface area contributed by atoms with Gasteiger partial charge in [0.05, 0.1) is 10.7 Å². The molecular weight excluding hydrogens is 364 g/mol. The molecule has 0 spiro atoms. The number of halogens is 1. The number of fused-ring (bicyclic) bond motifs is 1. The van der Waals surface area contributed by atoms with Crippen LogP contribution in [0.5, 0.6) is 5.75 Å². The fourth-order valence-electron chi connectivity index (χ4n) is 2.46. The molecule has 132 valence electrons. The Morgan fingerprint density at radius 3 is 2.56 bits per heavy atom. The molecule has 0 radical (unpaired) electrons. The molecule has 2 aromatic rings. The first-order valence-electron chi connectivity index (χ1n) is 7.70. The van der Waals surface area contributed by atoms with Gasteiger partial charge in [-0.2, -0.15) is 0 Å². The van der Waals surface area contributed by atoms with Crippen molar-refractivity contribution in [1.29, 1.82) is 0 Å². The lowest BCUT2D eigenvalue weighted by atomic mass is 10.2. The van der Waals surface area contributed by atoms with E-state index < -0.39 is 16.1 Å². The van der Waals surface area contributed by atoms with Gasteiger partial charge in [0.1, 0.15) is 10.6 Å². The van der Waals surface area contributed by atoms with Crippen molar-refractivity contribution in [2.45, 2.75) is 31.3 Å². The number of hydrogen-bond acceptors (Lipinski definition) is 4. The third-order valence-corrected chi connectivity index (χ3v) is 5.66. The van der Waals surface area contributed by atoms with Crippen molar-refractivity contribution in [3.8, 4) is 5.75 Å². The first-order valence-corrected chi connectivity index (χ1v) is 9.57. The van der Waals surface area contributed by atoms with E-state index in [4.69, 9.17) is 16.3 Å². The van der Waals surface area contributed by atoms with Crippen LogP contribution < -0.4 is 14.8 Å². The highest BCUT2D eigenvalue weighted by atomic mass is 35.5. The van der Waals surface area contributed by atoms with Crippen LogP contribution in [0.15, 0.2) is 41.3 Å². The van der Waals surface area contributed by atoms with Gasteiger partial charge in [0, 0.05) is 11.8 Å². The van der Waals surface area contributed by atoms with Gasteiger partial charge in [-0.3, -0.25) is 9.52 Å². The highest BCUT2D eigenvalue weighted by Gasteiger charge is 2.29. The standard InChI is InChI=1S/C17H17ClN2O4S/c1-3-14-17(21)19-13-8-12(18)16(9-15(13)24-14)25(22,23)20-11-6-4-10(2)5-7-11/h4-9,14,20H,3H2,1-2H3,(H,19,21). The summed E-state index contributed by atoms with van der Waals surface area (Å²) in [5.74, 6) is -0.000384. The predicted molar refractivity (Wildman–Crippen MR) is 96.8 cm³/mol. The minimum absolute atomic E-state index is 0.00258. The number of hydrogen-bond donors (Lipinski definition) is 2. The molecule has 0 saturated carbocycles. The molecule has 8 heteroatoms. The summed E-state index contributed by atoms with van der Waals surface area (Å²) in [6, 6.07) is 9.65. The summed E-state index contributed by atoms with van der Waals surface area (Å²) < 4.78 is 33.4. The van der Waals surface area contributed by atoms with Crippen molar-refractivity contribution >= 4 is 38.9 Å². The Balaban J connectivity index is 1.96. The van der Waals surface area contributed by atoms with Gasteiger partial charge in [-0.1, -0.05) is 36.2 Å². The van der Waals surface area contributed by atoms with Gasteiger partial charge in [-0.15, -0.1) is 0 Å². The zero-order valence-corrected chi connectivity index (χ0v) is 15.2. The maximum absolute atomic E-state index is 12.7. The van der Waals surface area contributed by atoms with Gasteiger partial charge in [0.25, 0.3) is 15.9 Å². The summed E-state index contributed by atoms with van der Waals surface area (Å²) in [6.45, 7) is 3.72. The van der Waals surface area contributed by atoms with Gasteiger partial charge in [0.2, 0.25) is 0 Å². The molecular formula is C17H17ClN2O4S. The van der Waals surface area contributed by atoms with E-state index >= 15 is 0 Å². The average molecular weight is 381 g/mol. The van der Waals surface area contributed by atoms with Gasteiger partial charge >= 0.3 is 0 Å². The largest absolute Gasteiger partial charge is 0.478 e. The Bertz CT molecular complexity index is 926. The fourth-order valence-corrected chi connectivity index (χ4v) is 4.06. The van der Waals surface area contributed by atoms with Gasteiger partial charge in [-0.25, -0.2) is 8.42 Å². The van der Waals surface area contributed by atoms with Gasteiger partial charge in [0.15, 0.2) is 6.10 Å². The topological polar surface area (TPSA) is 84.5 Å².